The molecule has 0 saturated carbocycles. The Bertz CT molecular complexity index is 1030. The van der Waals surface area contributed by atoms with Gasteiger partial charge in [0, 0.05) is 28.7 Å². The van der Waals surface area contributed by atoms with Crippen LogP contribution in [0.3, 0.4) is 0 Å². The van der Waals surface area contributed by atoms with Gasteiger partial charge in [0.05, 0.1) is 37.9 Å². The van der Waals surface area contributed by atoms with E-state index in [1.165, 1.54) is 32.0 Å². The van der Waals surface area contributed by atoms with Crippen molar-refractivity contribution >= 4 is 41.0 Å². The molecule has 0 aliphatic heterocycles. The van der Waals surface area contributed by atoms with Gasteiger partial charge in [0.2, 0.25) is 5.89 Å². The van der Waals surface area contributed by atoms with Gasteiger partial charge in [-0.3, -0.25) is 0 Å². The van der Waals surface area contributed by atoms with Crippen LogP contribution in [0.2, 0.25) is 0 Å². The van der Waals surface area contributed by atoms with Crippen LogP contribution < -0.4 is 15.4 Å². The molecule has 0 bridgehead atoms. The second kappa shape index (κ2) is 13.0. The molecule has 0 saturated heterocycles. The molecule has 0 radical (unpaired) electrons. The molecule has 13 heteroatoms. The average Bonchev–Trinajstić information content (AvgIpc) is 3.27. The lowest BCUT2D eigenvalue weighted by Gasteiger charge is -2.18. The van der Waals surface area contributed by atoms with Gasteiger partial charge in [-0.25, -0.2) is 9.59 Å². The first-order valence-corrected chi connectivity index (χ1v) is 11.8. The van der Waals surface area contributed by atoms with Crippen LogP contribution in [-0.2, 0) is 21.8 Å². The third-order valence-electron chi connectivity index (χ3n) is 4.59. The molecule has 1 heterocycles. The molecule has 0 aliphatic rings. The summed E-state index contributed by atoms with van der Waals surface area (Å²) in [7, 11) is 2.74. The normalized spacial score (nSPS) is 11.4. The zero-order chi connectivity index (χ0) is 25.3. The number of phenols is 1. The van der Waals surface area contributed by atoms with E-state index < -0.39 is 18.1 Å². The molecule has 34 heavy (non-hydrogen) atoms. The predicted octanol–water partition coefficient (Wildman–Crippen LogP) is 3.04. The number of nitrogens with zero attached hydrogens (tertiary/aromatic N) is 2. The highest BCUT2D eigenvalue weighted by molar-refractivity contribution is 7.98. The van der Waals surface area contributed by atoms with E-state index in [1.807, 2.05) is 0 Å². The molecule has 0 unspecified atom stereocenters. The van der Waals surface area contributed by atoms with Crippen molar-refractivity contribution in [2.24, 2.45) is 0 Å². The molecule has 11 nitrogen and oxygen atoms in total. The maximum atomic E-state index is 12.4. The van der Waals surface area contributed by atoms with Crippen molar-refractivity contribution in [1.82, 2.24) is 20.8 Å². The number of aromatic nitrogens is 2. The number of hydrogen-bond donors (Lipinski definition) is 3. The Labute approximate surface area is 206 Å². The summed E-state index contributed by atoms with van der Waals surface area (Å²) in [6.45, 7) is 5.44. The van der Waals surface area contributed by atoms with Crippen molar-refractivity contribution in [2.45, 2.75) is 39.1 Å². The lowest BCUT2D eigenvalue weighted by atomic mass is 10.0. The van der Waals surface area contributed by atoms with Crippen molar-refractivity contribution in [2.75, 3.05) is 26.6 Å². The van der Waals surface area contributed by atoms with Crippen LogP contribution in [0.4, 0.5) is 4.79 Å². The fourth-order valence-electron chi connectivity index (χ4n) is 3.05. The largest absolute Gasteiger partial charge is 0.507 e. The molecule has 1 aromatic carbocycles. The van der Waals surface area contributed by atoms with Gasteiger partial charge in [-0.1, -0.05) is 17.4 Å². The van der Waals surface area contributed by atoms with Crippen LogP contribution in [-0.4, -0.2) is 58.9 Å². The number of methoxy groups -OCH3 is 2. The van der Waals surface area contributed by atoms with Crippen LogP contribution in [0.5, 0.6) is 11.5 Å². The standard InChI is InChI=1S/C21H28N4O7S2/c1-6-31-21(28)22-8-17-24-19(32-25-17)14(23-12(3)33)10-34-9-13-15(26)7-16(29-4)11(2)18(13)20(27)30-5/h7,14,26H,6,8-10H2,1-5H3,(H,22,28)(H,23,33)/t14-/m0/s1. The number of alkyl carbamates (subject to hydrolysis) is 1. The van der Waals surface area contributed by atoms with E-state index in [0.29, 0.717) is 33.4 Å². The molecule has 2 aromatic rings. The lowest BCUT2D eigenvalue weighted by Crippen LogP contribution is -2.27. The maximum absolute atomic E-state index is 12.4. The maximum Gasteiger partial charge on any atom is 0.407 e. The summed E-state index contributed by atoms with van der Waals surface area (Å²) < 4.78 is 20.3. The van der Waals surface area contributed by atoms with E-state index >= 15 is 0 Å². The van der Waals surface area contributed by atoms with Gasteiger partial charge >= 0.3 is 12.1 Å². The van der Waals surface area contributed by atoms with Crippen LogP contribution in [0.25, 0.3) is 0 Å². The van der Waals surface area contributed by atoms with Crippen LogP contribution >= 0.6 is 24.0 Å². The molecule has 0 spiro atoms. The molecule has 1 aromatic heterocycles. The fraction of sp³-hybridized carbons (Fsp3) is 0.476. The highest BCUT2D eigenvalue weighted by Gasteiger charge is 2.24. The summed E-state index contributed by atoms with van der Waals surface area (Å²) in [6.07, 6.45) is -0.579. The summed E-state index contributed by atoms with van der Waals surface area (Å²) in [5, 5.41) is 20.0. The molecule has 1 amide bonds. The van der Waals surface area contributed by atoms with Crippen LogP contribution in [0.15, 0.2) is 10.6 Å². The van der Waals surface area contributed by atoms with Crippen molar-refractivity contribution in [3.8, 4) is 11.5 Å². The summed E-state index contributed by atoms with van der Waals surface area (Å²) in [6, 6.07) is 1.03. The molecule has 0 aliphatic carbocycles. The number of benzene rings is 1. The zero-order valence-electron chi connectivity index (χ0n) is 19.6. The number of thiocarbonyl (C=S) groups is 1. The van der Waals surface area contributed by atoms with E-state index in [4.69, 9.17) is 31.0 Å². The first-order chi connectivity index (χ1) is 16.2. The number of amides is 1. The zero-order valence-corrected chi connectivity index (χ0v) is 21.2. The Morgan fingerprint density at radius 1 is 1.35 bits per heavy atom. The molecule has 186 valence electrons. The molecular weight excluding hydrogens is 484 g/mol. The van der Waals surface area contributed by atoms with Gasteiger partial charge in [0.25, 0.3) is 0 Å². The third kappa shape index (κ3) is 7.22. The van der Waals surface area contributed by atoms with Gasteiger partial charge in [-0.05, 0) is 20.8 Å². The summed E-state index contributed by atoms with van der Waals surface area (Å²) in [5.41, 5.74) is 1.26. The number of nitrogens with one attached hydrogen (secondary N) is 2. The van der Waals surface area contributed by atoms with Gasteiger partial charge in [0.15, 0.2) is 5.82 Å². The Morgan fingerprint density at radius 2 is 2.09 bits per heavy atom. The van der Waals surface area contributed by atoms with Crippen LogP contribution in [0, 0.1) is 6.92 Å². The monoisotopic (exact) mass is 512 g/mol. The number of ether oxygens (including phenoxy) is 3. The summed E-state index contributed by atoms with van der Waals surface area (Å²) in [5.74, 6) is 1.02. The smallest absolute Gasteiger partial charge is 0.407 e. The van der Waals surface area contributed by atoms with E-state index in [-0.39, 0.29) is 36.2 Å². The lowest BCUT2D eigenvalue weighted by molar-refractivity contribution is 0.0598. The van der Waals surface area contributed by atoms with Gasteiger partial charge < -0.3 is 34.5 Å². The van der Waals surface area contributed by atoms with Crippen molar-refractivity contribution in [3.05, 3.63) is 34.5 Å². The van der Waals surface area contributed by atoms with Gasteiger partial charge in [-0.2, -0.15) is 16.7 Å². The Balaban J connectivity index is 2.15. The van der Waals surface area contributed by atoms with E-state index in [9.17, 15) is 14.7 Å². The second-order valence-electron chi connectivity index (χ2n) is 6.96. The number of carbonyl (C=O) groups is 2. The highest BCUT2D eigenvalue weighted by atomic mass is 32.2. The number of phenolic OH excluding ortho intramolecular Hbond substituents is 1. The average molecular weight is 513 g/mol. The van der Waals surface area contributed by atoms with E-state index in [2.05, 4.69) is 20.8 Å². The topological polar surface area (TPSA) is 145 Å². The molecule has 0 fully saturated rings. The quantitative estimate of drug-likeness (QED) is 0.300. The number of thioether (sulfide) groups is 1. The molecule has 2 rings (SSSR count). The first-order valence-electron chi connectivity index (χ1n) is 10.3. The molecular formula is C21H28N4O7S2. The van der Waals surface area contributed by atoms with Crippen molar-refractivity contribution < 1.29 is 33.4 Å². The van der Waals surface area contributed by atoms with Gasteiger partial charge in [-0.15, -0.1) is 0 Å². The van der Waals surface area contributed by atoms with Crippen molar-refractivity contribution in [3.63, 3.8) is 0 Å². The molecule has 1 atom stereocenters. The fourth-order valence-corrected chi connectivity index (χ4v) is 4.26. The van der Waals surface area contributed by atoms with Crippen molar-refractivity contribution in [1.29, 1.82) is 0 Å². The second-order valence-corrected chi connectivity index (χ2v) is 8.60. The molecule has 3 N–H and O–H groups in total. The number of rotatable bonds is 11. The third-order valence-corrected chi connectivity index (χ3v) is 5.77. The Hall–Kier alpha value is -3.06. The minimum absolute atomic E-state index is 0.0419. The predicted molar refractivity (Wildman–Crippen MR) is 129 cm³/mol. The first kappa shape index (κ1) is 27.2. The number of aromatic hydroxyl groups is 1. The van der Waals surface area contributed by atoms with E-state index in [0.717, 1.165) is 0 Å². The van der Waals surface area contributed by atoms with E-state index in [1.54, 1.807) is 20.8 Å². The minimum Gasteiger partial charge on any atom is -0.507 e. The number of esters is 1. The minimum atomic E-state index is -0.579. The Morgan fingerprint density at radius 3 is 2.71 bits per heavy atom. The number of hydrogen-bond acceptors (Lipinski definition) is 11. The number of carbonyl (C=O) groups excluding carboxylic acids is 2. The highest BCUT2D eigenvalue weighted by Crippen LogP contribution is 2.36. The summed E-state index contributed by atoms with van der Waals surface area (Å²) >= 11 is 6.59. The van der Waals surface area contributed by atoms with Crippen LogP contribution in [0.1, 0.15) is 53.1 Å². The SMILES string of the molecule is CCOC(=O)NCc1noc([C@H](CSCc2c(O)cc(OC)c(C)c2C(=O)OC)NC(C)=S)n1. The van der Waals surface area contributed by atoms with Gasteiger partial charge in [0.1, 0.15) is 17.5 Å². The summed E-state index contributed by atoms with van der Waals surface area (Å²) in [4.78, 5) is 28.7. The Kier molecular flexibility index (Phi) is 10.4.